The van der Waals surface area contributed by atoms with Crippen molar-refractivity contribution in [1.29, 1.82) is 0 Å². The number of hydrogen-bond acceptors (Lipinski definition) is 3. The standard InChI is InChI=1S/C11H17N3S/c1-8(2)10(12)4-3-9-7-14-5-6-15-11(14)13-9/h5-8,10H,3-4,12H2,1-2H3. The number of thiazole rings is 1. The molecule has 2 heterocycles. The number of fused-ring (bicyclic) bond motifs is 1. The molecule has 0 radical (unpaired) electrons. The normalized spacial score (nSPS) is 13.9. The van der Waals surface area contributed by atoms with Crippen LogP contribution in [0.5, 0.6) is 0 Å². The van der Waals surface area contributed by atoms with Crippen LogP contribution in [0, 0.1) is 5.92 Å². The lowest BCUT2D eigenvalue weighted by atomic mass is 10.00. The van der Waals surface area contributed by atoms with E-state index in [1.54, 1.807) is 11.3 Å². The molecule has 2 N–H and O–H groups in total. The largest absolute Gasteiger partial charge is 0.327 e. The third kappa shape index (κ3) is 2.38. The number of aromatic nitrogens is 2. The average molecular weight is 223 g/mol. The van der Waals surface area contributed by atoms with Crippen LogP contribution in [0.4, 0.5) is 0 Å². The van der Waals surface area contributed by atoms with Crippen LogP contribution in [0.2, 0.25) is 0 Å². The minimum Gasteiger partial charge on any atom is -0.327 e. The summed E-state index contributed by atoms with van der Waals surface area (Å²) in [5, 5.41) is 2.05. The van der Waals surface area contributed by atoms with Crippen molar-refractivity contribution in [1.82, 2.24) is 9.38 Å². The SMILES string of the molecule is CC(C)C(N)CCc1cn2ccsc2n1. The van der Waals surface area contributed by atoms with E-state index in [0.717, 1.165) is 23.5 Å². The van der Waals surface area contributed by atoms with Gasteiger partial charge >= 0.3 is 0 Å². The zero-order chi connectivity index (χ0) is 10.8. The molecule has 0 saturated heterocycles. The molecule has 2 aromatic heterocycles. The number of aryl methyl sites for hydroxylation is 1. The van der Waals surface area contributed by atoms with Crippen LogP contribution in [-0.4, -0.2) is 15.4 Å². The van der Waals surface area contributed by atoms with Crippen LogP contribution in [0.25, 0.3) is 4.96 Å². The molecular formula is C11H17N3S. The van der Waals surface area contributed by atoms with Crippen LogP contribution in [0.1, 0.15) is 26.0 Å². The molecule has 0 bridgehead atoms. The molecule has 15 heavy (non-hydrogen) atoms. The molecule has 0 spiro atoms. The van der Waals surface area contributed by atoms with Gasteiger partial charge in [0.05, 0.1) is 5.69 Å². The first-order chi connectivity index (χ1) is 7.16. The van der Waals surface area contributed by atoms with Crippen LogP contribution < -0.4 is 5.73 Å². The minimum atomic E-state index is 0.282. The van der Waals surface area contributed by atoms with Gasteiger partial charge in [0.2, 0.25) is 0 Å². The van der Waals surface area contributed by atoms with Gasteiger partial charge in [-0.1, -0.05) is 13.8 Å². The summed E-state index contributed by atoms with van der Waals surface area (Å²) in [6, 6.07) is 0.282. The van der Waals surface area contributed by atoms with Crippen molar-refractivity contribution in [3.63, 3.8) is 0 Å². The molecule has 0 saturated carbocycles. The van der Waals surface area contributed by atoms with E-state index < -0.39 is 0 Å². The maximum absolute atomic E-state index is 6.00. The maximum atomic E-state index is 6.00. The van der Waals surface area contributed by atoms with Gasteiger partial charge in [0, 0.05) is 23.8 Å². The molecule has 1 unspecified atom stereocenters. The smallest absolute Gasteiger partial charge is 0.193 e. The Morgan fingerprint density at radius 2 is 2.33 bits per heavy atom. The zero-order valence-electron chi connectivity index (χ0n) is 9.18. The van der Waals surface area contributed by atoms with E-state index in [1.165, 1.54) is 0 Å². The van der Waals surface area contributed by atoms with E-state index in [1.807, 2.05) is 11.6 Å². The van der Waals surface area contributed by atoms with Gasteiger partial charge in [-0.25, -0.2) is 4.98 Å². The lowest BCUT2D eigenvalue weighted by Crippen LogP contribution is -2.26. The molecule has 0 aliphatic rings. The summed E-state index contributed by atoms with van der Waals surface area (Å²) >= 11 is 1.67. The highest BCUT2D eigenvalue weighted by atomic mass is 32.1. The Labute approximate surface area is 93.9 Å². The summed E-state index contributed by atoms with van der Waals surface area (Å²) in [6.45, 7) is 4.33. The fourth-order valence-corrected chi connectivity index (χ4v) is 2.26. The van der Waals surface area contributed by atoms with Crippen molar-refractivity contribution in [2.45, 2.75) is 32.7 Å². The van der Waals surface area contributed by atoms with E-state index in [0.29, 0.717) is 5.92 Å². The average Bonchev–Trinajstić information content (AvgIpc) is 2.72. The van der Waals surface area contributed by atoms with Crippen LogP contribution in [-0.2, 0) is 6.42 Å². The molecule has 1 atom stereocenters. The van der Waals surface area contributed by atoms with Crippen molar-refractivity contribution >= 4 is 16.3 Å². The molecule has 4 heteroatoms. The Morgan fingerprint density at radius 1 is 1.53 bits per heavy atom. The van der Waals surface area contributed by atoms with Gasteiger partial charge < -0.3 is 5.73 Å². The summed E-state index contributed by atoms with van der Waals surface area (Å²) in [6.07, 6.45) is 6.13. The van der Waals surface area contributed by atoms with Gasteiger partial charge in [-0.3, -0.25) is 4.40 Å². The quantitative estimate of drug-likeness (QED) is 0.864. The maximum Gasteiger partial charge on any atom is 0.193 e. The zero-order valence-corrected chi connectivity index (χ0v) is 10.00. The van der Waals surface area contributed by atoms with Crippen molar-refractivity contribution in [3.05, 3.63) is 23.5 Å². The summed E-state index contributed by atoms with van der Waals surface area (Å²) in [4.78, 5) is 5.60. The van der Waals surface area contributed by atoms with Crippen LogP contribution in [0.3, 0.4) is 0 Å². The van der Waals surface area contributed by atoms with E-state index in [-0.39, 0.29) is 6.04 Å². The van der Waals surface area contributed by atoms with Crippen LogP contribution >= 0.6 is 11.3 Å². The van der Waals surface area contributed by atoms with E-state index in [2.05, 4.69) is 29.4 Å². The first-order valence-electron chi connectivity index (χ1n) is 5.33. The van der Waals surface area contributed by atoms with Gasteiger partial charge in [-0.05, 0) is 18.8 Å². The third-order valence-electron chi connectivity index (χ3n) is 2.73. The monoisotopic (exact) mass is 223 g/mol. The Kier molecular flexibility index (Phi) is 3.07. The van der Waals surface area contributed by atoms with Crippen molar-refractivity contribution in [3.8, 4) is 0 Å². The lowest BCUT2D eigenvalue weighted by Gasteiger charge is -2.13. The molecule has 0 amide bonds. The Balaban J connectivity index is 1.98. The molecule has 0 fully saturated rings. The van der Waals surface area contributed by atoms with Gasteiger partial charge in [0.25, 0.3) is 0 Å². The second-order valence-corrected chi connectivity index (χ2v) is 5.14. The fourth-order valence-electron chi connectivity index (χ4n) is 1.54. The topological polar surface area (TPSA) is 43.3 Å². The number of nitrogens with two attached hydrogens (primary N) is 1. The second-order valence-electron chi connectivity index (χ2n) is 4.27. The fraction of sp³-hybridized carbons (Fsp3) is 0.545. The van der Waals surface area contributed by atoms with Gasteiger partial charge in [-0.15, -0.1) is 11.3 Å². The predicted octanol–water partition coefficient (Wildman–Crippen LogP) is 2.31. The number of hydrogen-bond donors (Lipinski definition) is 1. The second kappa shape index (κ2) is 4.33. The first-order valence-corrected chi connectivity index (χ1v) is 6.21. The molecule has 2 aromatic rings. The molecule has 0 aromatic carbocycles. The van der Waals surface area contributed by atoms with E-state index in [9.17, 15) is 0 Å². The van der Waals surface area contributed by atoms with Gasteiger partial charge in [0.1, 0.15) is 0 Å². The highest BCUT2D eigenvalue weighted by Crippen LogP contribution is 2.14. The molecule has 2 rings (SSSR count). The van der Waals surface area contributed by atoms with Crippen molar-refractivity contribution in [2.24, 2.45) is 11.7 Å². The Morgan fingerprint density at radius 3 is 3.00 bits per heavy atom. The molecule has 0 aliphatic heterocycles. The lowest BCUT2D eigenvalue weighted by molar-refractivity contribution is 0.463. The summed E-state index contributed by atoms with van der Waals surface area (Å²) in [5.41, 5.74) is 7.15. The number of imidazole rings is 1. The minimum absolute atomic E-state index is 0.282. The highest BCUT2D eigenvalue weighted by molar-refractivity contribution is 7.15. The highest BCUT2D eigenvalue weighted by Gasteiger charge is 2.09. The molecule has 3 nitrogen and oxygen atoms in total. The number of nitrogens with zero attached hydrogens (tertiary/aromatic N) is 2. The van der Waals surface area contributed by atoms with Crippen molar-refractivity contribution < 1.29 is 0 Å². The molecule has 0 aliphatic carbocycles. The Bertz CT molecular complexity index is 401. The predicted molar refractivity (Wildman–Crippen MR) is 64.2 cm³/mol. The summed E-state index contributed by atoms with van der Waals surface area (Å²) in [5.74, 6) is 0.550. The summed E-state index contributed by atoms with van der Waals surface area (Å²) < 4.78 is 2.07. The summed E-state index contributed by atoms with van der Waals surface area (Å²) in [7, 11) is 0. The first kappa shape index (κ1) is 10.6. The molecule has 82 valence electrons. The third-order valence-corrected chi connectivity index (χ3v) is 3.50. The van der Waals surface area contributed by atoms with E-state index >= 15 is 0 Å². The van der Waals surface area contributed by atoms with Gasteiger partial charge in [-0.2, -0.15) is 0 Å². The van der Waals surface area contributed by atoms with Crippen LogP contribution in [0.15, 0.2) is 17.8 Å². The Hall–Kier alpha value is -0.870. The molecular weight excluding hydrogens is 206 g/mol. The van der Waals surface area contributed by atoms with E-state index in [4.69, 9.17) is 5.73 Å². The number of rotatable bonds is 4. The van der Waals surface area contributed by atoms with Gasteiger partial charge in [0.15, 0.2) is 4.96 Å². The van der Waals surface area contributed by atoms with Crippen molar-refractivity contribution in [2.75, 3.05) is 0 Å².